The maximum atomic E-state index is 6.05. The monoisotopic (exact) mass is 280 g/mol. The van der Waals surface area contributed by atoms with Gasteiger partial charge in [0, 0.05) is 17.8 Å². The van der Waals surface area contributed by atoms with Gasteiger partial charge in [0.15, 0.2) is 0 Å². The average molecular weight is 282 g/mol. The molecule has 1 aromatic rings. The van der Waals surface area contributed by atoms with Crippen molar-refractivity contribution < 1.29 is 0 Å². The molecule has 0 fully saturated rings. The van der Waals surface area contributed by atoms with Crippen LogP contribution in [0.4, 0.5) is 0 Å². The Labute approximate surface area is 111 Å². The Morgan fingerprint density at radius 3 is 2.62 bits per heavy atom. The van der Waals surface area contributed by atoms with Gasteiger partial charge in [0.2, 0.25) is 0 Å². The molecule has 0 spiro atoms. The van der Waals surface area contributed by atoms with Crippen molar-refractivity contribution in [3.8, 4) is 0 Å². The zero-order valence-corrected chi connectivity index (χ0v) is 11.4. The fourth-order valence-electron chi connectivity index (χ4n) is 1.55. The van der Waals surface area contributed by atoms with Crippen molar-refractivity contribution in [3.63, 3.8) is 0 Å². The second-order valence-corrected chi connectivity index (χ2v) is 4.87. The van der Waals surface area contributed by atoms with Gasteiger partial charge in [0.1, 0.15) is 5.15 Å². The Bertz CT molecular complexity index is 355. The third-order valence-electron chi connectivity index (χ3n) is 2.46. The highest BCUT2D eigenvalue weighted by atomic mass is 35.5. The molecule has 0 aliphatic carbocycles. The van der Waals surface area contributed by atoms with Crippen molar-refractivity contribution >= 4 is 34.8 Å². The van der Waals surface area contributed by atoms with Crippen molar-refractivity contribution in [2.45, 2.75) is 38.6 Å². The second-order valence-electron chi connectivity index (χ2n) is 3.73. The van der Waals surface area contributed by atoms with Crippen molar-refractivity contribution in [2.24, 2.45) is 5.73 Å². The van der Waals surface area contributed by atoms with Crippen molar-refractivity contribution in [3.05, 3.63) is 27.0 Å². The van der Waals surface area contributed by atoms with E-state index in [1.165, 1.54) is 6.20 Å². The zero-order chi connectivity index (χ0) is 12.1. The Kier molecular flexibility index (Phi) is 5.84. The number of hydrogen-bond acceptors (Lipinski definition) is 2. The van der Waals surface area contributed by atoms with Crippen LogP contribution in [0.5, 0.6) is 0 Å². The van der Waals surface area contributed by atoms with Gasteiger partial charge in [-0.05, 0) is 6.42 Å². The Balaban J connectivity index is 2.81. The maximum Gasteiger partial charge on any atom is 0.148 e. The Morgan fingerprint density at radius 1 is 1.31 bits per heavy atom. The SMILES string of the molecule is CCCCC[C@@H](N)c1c(Cl)cnc(Cl)c1Cl. The molecule has 1 rings (SSSR count). The molecule has 16 heavy (non-hydrogen) atoms. The minimum atomic E-state index is -0.174. The van der Waals surface area contributed by atoms with Gasteiger partial charge in [0.05, 0.1) is 10.0 Å². The van der Waals surface area contributed by atoms with E-state index in [1.54, 1.807) is 0 Å². The smallest absolute Gasteiger partial charge is 0.148 e. The third kappa shape index (κ3) is 3.49. The number of unbranched alkanes of at least 4 members (excludes halogenated alkanes) is 2. The fraction of sp³-hybridized carbons (Fsp3) is 0.545. The number of rotatable bonds is 5. The molecule has 2 nitrogen and oxygen atoms in total. The lowest BCUT2D eigenvalue weighted by Crippen LogP contribution is -2.12. The summed E-state index contributed by atoms with van der Waals surface area (Å²) in [5, 5.41) is 1.11. The molecule has 0 radical (unpaired) electrons. The Hall–Kier alpha value is -0.0200. The second kappa shape index (κ2) is 6.65. The van der Waals surface area contributed by atoms with Gasteiger partial charge in [-0.15, -0.1) is 0 Å². The lowest BCUT2D eigenvalue weighted by atomic mass is 10.0. The molecule has 0 aliphatic heterocycles. The standard InChI is InChI=1S/C11H15Cl3N2/c1-2-3-4-5-8(15)9-7(12)6-16-11(14)10(9)13/h6,8H,2-5,15H2,1H3/t8-/m1/s1. The van der Waals surface area contributed by atoms with Crippen molar-refractivity contribution in [2.75, 3.05) is 0 Å². The summed E-state index contributed by atoms with van der Waals surface area (Å²) in [6.45, 7) is 2.15. The molecular weight excluding hydrogens is 266 g/mol. The highest BCUT2D eigenvalue weighted by Gasteiger charge is 2.17. The summed E-state index contributed by atoms with van der Waals surface area (Å²) in [4.78, 5) is 3.86. The highest BCUT2D eigenvalue weighted by Crippen LogP contribution is 2.34. The molecule has 0 amide bonds. The van der Waals surface area contributed by atoms with Gasteiger partial charge in [-0.2, -0.15) is 0 Å². The molecule has 0 bridgehead atoms. The first-order valence-electron chi connectivity index (χ1n) is 5.32. The van der Waals surface area contributed by atoms with Gasteiger partial charge < -0.3 is 5.73 Å². The van der Waals surface area contributed by atoms with E-state index >= 15 is 0 Å². The first-order valence-corrected chi connectivity index (χ1v) is 6.46. The molecule has 0 aliphatic rings. The maximum absolute atomic E-state index is 6.05. The summed E-state index contributed by atoms with van der Waals surface area (Å²) in [7, 11) is 0. The van der Waals surface area contributed by atoms with E-state index in [2.05, 4.69) is 11.9 Å². The molecule has 0 unspecified atom stereocenters. The molecule has 0 saturated carbocycles. The van der Waals surface area contributed by atoms with Crippen molar-refractivity contribution in [1.29, 1.82) is 0 Å². The van der Waals surface area contributed by atoms with Crippen LogP contribution in [0.15, 0.2) is 6.20 Å². The lowest BCUT2D eigenvalue weighted by Gasteiger charge is -2.15. The van der Waals surface area contributed by atoms with Crippen LogP contribution >= 0.6 is 34.8 Å². The molecule has 1 atom stereocenters. The van der Waals surface area contributed by atoms with Crippen LogP contribution in [-0.4, -0.2) is 4.98 Å². The minimum Gasteiger partial charge on any atom is -0.324 e. The summed E-state index contributed by atoms with van der Waals surface area (Å²) in [5.74, 6) is 0. The van der Waals surface area contributed by atoms with Gasteiger partial charge in [-0.25, -0.2) is 4.98 Å². The summed E-state index contributed by atoms with van der Waals surface area (Å²) in [5.41, 5.74) is 6.76. The van der Waals surface area contributed by atoms with Crippen LogP contribution in [0.3, 0.4) is 0 Å². The van der Waals surface area contributed by atoms with Crippen molar-refractivity contribution in [1.82, 2.24) is 4.98 Å². The van der Waals surface area contributed by atoms with E-state index in [0.717, 1.165) is 25.7 Å². The number of nitrogens with two attached hydrogens (primary N) is 1. The topological polar surface area (TPSA) is 38.9 Å². The minimum absolute atomic E-state index is 0.174. The molecule has 5 heteroatoms. The van der Waals surface area contributed by atoms with E-state index in [0.29, 0.717) is 15.6 Å². The predicted octanol–water partition coefficient (Wildman–Crippen LogP) is 4.62. The quantitative estimate of drug-likeness (QED) is 0.631. The van der Waals surface area contributed by atoms with E-state index < -0.39 is 0 Å². The predicted molar refractivity (Wildman–Crippen MR) is 70.3 cm³/mol. The molecule has 1 heterocycles. The van der Waals surface area contributed by atoms with E-state index in [4.69, 9.17) is 40.5 Å². The number of aromatic nitrogens is 1. The van der Waals surface area contributed by atoms with E-state index in [9.17, 15) is 0 Å². The van der Waals surface area contributed by atoms with Crippen LogP contribution in [0, 0.1) is 0 Å². The first kappa shape index (κ1) is 14.0. The molecule has 2 N–H and O–H groups in total. The van der Waals surface area contributed by atoms with E-state index in [1.807, 2.05) is 0 Å². The third-order valence-corrected chi connectivity index (χ3v) is 3.52. The normalized spacial score (nSPS) is 12.8. The number of halogens is 3. The number of nitrogens with zero attached hydrogens (tertiary/aromatic N) is 1. The van der Waals surface area contributed by atoms with Crippen LogP contribution in [0.2, 0.25) is 15.2 Å². The van der Waals surface area contributed by atoms with E-state index in [-0.39, 0.29) is 11.2 Å². The van der Waals surface area contributed by atoms with Gasteiger partial charge in [-0.3, -0.25) is 0 Å². The summed E-state index contributed by atoms with van der Waals surface area (Å²) >= 11 is 17.9. The number of hydrogen-bond donors (Lipinski definition) is 1. The van der Waals surface area contributed by atoms with Crippen LogP contribution in [-0.2, 0) is 0 Å². The van der Waals surface area contributed by atoms with Gasteiger partial charge >= 0.3 is 0 Å². The molecular formula is C11H15Cl3N2. The van der Waals surface area contributed by atoms with Crippen LogP contribution in [0.25, 0.3) is 0 Å². The molecule has 1 aromatic heterocycles. The van der Waals surface area contributed by atoms with Gasteiger partial charge in [0.25, 0.3) is 0 Å². The fourth-order valence-corrected chi connectivity index (χ4v) is 2.33. The Morgan fingerprint density at radius 2 is 2.00 bits per heavy atom. The summed E-state index contributed by atoms with van der Waals surface area (Å²) in [6, 6.07) is -0.174. The molecule has 0 saturated heterocycles. The van der Waals surface area contributed by atoms with Crippen LogP contribution < -0.4 is 5.73 Å². The number of pyridine rings is 1. The summed E-state index contributed by atoms with van der Waals surface area (Å²) < 4.78 is 0. The molecule has 0 aromatic carbocycles. The lowest BCUT2D eigenvalue weighted by molar-refractivity contribution is 0.581. The summed E-state index contributed by atoms with van der Waals surface area (Å²) in [6.07, 6.45) is 5.72. The zero-order valence-electron chi connectivity index (χ0n) is 9.14. The van der Waals surface area contributed by atoms with Gasteiger partial charge in [-0.1, -0.05) is 61.0 Å². The first-order chi connectivity index (χ1) is 7.57. The highest BCUT2D eigenvalue weighted by molar-refractivity contribution is 6.43. The molecule has 90 valence electrons. The average Bonchev–Trinajstić information content (AvgIpc) is 2.24. The van der Waals surface area contributed by atoms with Crippen LogP contribution in [0.1, 0.15) is 44.2 Å². The largest absolute Gasteiger partial charge is 0.324 e.